The molecule has 0 saturated heterocycles. The zero-order chi connectivity index (χ0) is 18.1. The number of rotatable bonds is 4. The lowest BCUT2D eigenvalue weighted by molar-refractivity contribution is 0.607. The van der Waals surface area contributed by atoms with Crippen LogP contribution in [-0.4, -0.2) is 24.6 Å². The predicted octanol–water partition coefficient (Wildman–Crippen LogP) is 4.27. The highest BCUT2D eigenvalue weighted by atomic mass is 32.2. The summed E-state index contributed by atoms with van der Waals surface area (Å²) in [6.45, 7) is 0. The molecule has 2 heterocycles. The number of aromatic amines is 1. The highest BCUT2D eigenvalue weighted by molar-refractivity contribution is 7.92. The van der Waals surface area contributed by atoms with Gasteiger partial charge in [0.25, 0.3) is 0 Å². The van der Waals surface area contributed by atoms with Gasteiger partial charge in [0.1, 0.15) is 0 Å². The molecule has 0 radical (unpaired) electrons. The molecule has 0 atom stereocenters. The molecule has 0 amide bonds. The maximum atomic E-state index is 11.3. The maximum absolute atomic E-state index is 11.3. The van der Waals surface area contributed by atoms with E-state index in [-0.39, 0.29) is 0 Å². The lowest BCUT2D eigenvalue weighted by atomic mass is 10.0. The van der Waals surface area contributed by atoms with Crippen LogP contribution in [0.15, 0.2) is 73.2 Å². The Morgan fingerprint density at radius 1 is 0.846 bits per heavy atom. The summed E-state index contributed by atoms with van der Waals surface area (Å²) in [6.07, 6.45) is 6.70. The minimum atomic E-state index is -3.28. The number of sulfonamides is 1. The summed E-state index contributed by atoms with van der Waals surface area (Å²) in [4.78, 5) is 7.59. The molecule has 0 unspecified atom stereocenters. The summed E-state index contributed by atoms with van der Waals surface area (Å²) in [5, 5.41) is 1.17. The van der Waals surface area contributed by atoms with Crippen molar-refractivity contribution in [1.29, 1.82) is 0 Å². The third kappa shape index (κ3) is 3.45. The molecule has 4 aromatic rings. The first-order valence-corrected chi connectivity index (χ1v) is 9.98. The van der Waals surface area contributed by atoms with Gasteiger partial charge in [-0.3, -0.25) is 9.71 Å². The Morgan fingerprint density at radius 3 is 2.27 bits per heavy atom. The average Bonchev–Trinajstić information content (AvgIpc) is 3.09. The number of hydrogen-bond donors (Lipinski definition) is 2. The Morgan fingerprint density at radius 2 is 1.54 bits per heavy atom. The lowest BCUT2D eigenvalue weighted by Gasteiger charge is -2.08. The van der Waals surface area contributed by atoms with Crippen molar-refractivity contribution in [3.8, 4) is 22.3 Å². The van der Waals surface area contributed by atoms with Gasteiger partial charge in [-0.05, 0) is 46.8 Å². The van der Waals surface area contributed by atoms with Crippen molar-refractivity contribution >= 4 is 26.6 Å². The van der Waals surface area contributed by atoms with E-state index in [0.29, 0.717) is 5.69 Å². The second-order valence-electron chi connectivity index (χ2n) is 6.19. The van der Waals surface area contributed by atoms with Crippen LogP contribution in [0.4, 0.5) is 5.69 Å². The first kappa shape index (κ1) is 16.4. The van der Waals surface area contributed by atoms with E-state index in [0.717, 1.165) is 34.0 Å². The highest BCUT2D eigenvalue weighted by Gasteiger charge is 2.06. The van der Waals surface area contributed by atoms with Gasteiger partial charge in [0, 0.05) is 40.9 Å². The van der Waals surface area contributed by atoms with Gasteiger partial charge in [-0.2, -0.15) is 0 Å². The van der Waals surface area contributed by atoms with E-state index in [1.54, 1.807) is 18.3 Å². The Bertz CT molecular complexity index is 1180. The molecule has 0 aliphatic carbocycles. The van der Waals surface area contributed by atoms with Crippen molar-refractivity contribution in [2.45, 2.75) is 0 Å². The fraction of sp³-hybridized carbons (Fsp3) is 0.0500. The zero-order valence-electron chi connectivity index (χ0n) is 14.1. The number of nitrogens with zero attached hydrogens (tertiary/aromatic N) is 1. The molecule has 0 spiro atoms. The Balaban J connectivity index is 1.67. The smallest absolute Gasteiger partial charge is 0.229 e. The van der Waals surface area contributed by atoms with Gasteiger partial charge in [-0.1, -0.05) is 24.3 Å². The molecule has 0 bridgehead atoms. The summed E-state index contributed by atoms with van der Waals surface area (Å²) in [7, 11) is -3.28. The minimum Gasteiger partial charge on any atom is -0.361 e. The van der Waals surface area contributed by atoms with E-state index in [2.05, 4.69) is 39.0 Å². The third-order valence-corrected chi connectivity index (χ3v) is 4.75. The molecule has 0 fully saturated rings. The molecule has 4 rings (SSSR count). The van der Waals surface area contributed by atoms with E-state index >= 15 is 0 Å². The molecule has 0 saturated carbocycles. The van der Waals surface area contributed by atoms with E-state index < -0.39 is 10.0 Å². The highest BCUT2D eigenvalue weighted by Crippen LogP contribution is 2.28. The Labute approximate surface area is 151 Å². The van der Waals surface area contributed by atoms with Crippen LogP contribution in [0.3, 0.4) is 0 Å². The van der Waals surface area contributed by atoms with Crippen LogP contribution >= 0.6 is 0 Å². The summed E-state index contributed by atoms with van der Waals surface area (Å²) < 4.78 is 25.1. The van der Waals surface area contributed by atoms with Gasteiger partial charge < -0.3 is 4.98 Å². The molecule has 26 heavy (non-hydrogen) atoms. The SMILES string of the molecule is CS(=O)(=O)Nc1ccc(-c2cncc(-c3ccc4cc[nH]c4c3)c2)cc1. The molecule has 2 aromatic heterocycles. The van der Waals surface area contributed by atoms with Crippen molar-refractivity contribution in [1.82, 2.24) is 9.97 Å². The van der Waals surface area contributed by atoms with Crippen LogP contribution in [0.5, 0.6) is 0 Å². The molecule has 5 nitrogen and oxygen atoms in total. The molecular weight excluding hydrogens is 346 g/mol. The van der Waals surface area contributed by atoms with Crippen molar-refractivity contribution in [2.75, 3.05) is 11.0 Å². The second-order valence-corrected chi connectivity index (χ2v) is 7.94. The van der Waals surface area contributed by atoms with E-state index in [1.165, 1.54) is 5.39 Å². The van der Waals surface area contributed by atoms with Crippen molar-refractivity contribution < 1.29 is 8.42 Å². The molecule has 2 N–H and O–H groups in total. The number of fused-ring (bicyclic) bond motifs is 1. The number of nitrogens with one attached hydrogen (secondary N) is 2. The number of anilines is 1. The normalized spacial score (nSPS) is 11.6. The third-order valence-electron chi connectivity index (χ3n) is 4.15. The molecule has 0 aliphatic rings. The zero-order valence-corrected chi connectivity index (χ0v) is 14.9. The summed E-state index contributed by atoms with van der Waals surface area (Å²) in [6, 6.07) is 17.6. The largest absolute Gasteiger partial charge is 0.361 e. The monoisotopic (exact) mass is 363 g/mol. The topological polar surface area (TPSA) is 74.8 Å². The Kier molecular flexibility index (Phi) is 3.97. The molecule has 2 aromatic carbocycles. The number of H-pyrrole nitrogens is 1. The van der Waals surface area contributed by atoms with Gasteiger partial charge >= 0.3 is 0 Å². The van der Waals surface area contributed by atoms with Gasteiger partial charge in [0.05, 0.1) is 6.26 Å². The van der Waals surface area contributed by atoms with Gasteiger partial charge in [0.15, 0.2) is 0 Å². The van der Waals surface area contributed by atoms with Crippen molar-refractivity contribution in [3.05, 3.63) is 73.2 Å². The van der Waals surface area contributed by atoms with E-state index in [1.807, 2.05) is 30.6 Å². The van der Waals surface area contributed by atoms with E-state index in [4.69, 9.17) is 0 Å². The van der Waals surface area contributed by atoms with Crippen LogP contribution < -0.4 is 4.72 Å². The minimum absolute atomic E-state index is 0.539. The number of hydrogen-bond acceptors (Lipinski definition) is 3. The number of aromatic nitrogens is 2. The first-order chi connectivity index (χ1) is 12.5. The Hall–Kier alpha value is -3.12. The van der Waals surface area contributed by atoms with Crippen LogP contribution in [0.25, 0.3) is 33.2 Å². The maximum Gasteiger partial charge on any atom is 0.229 e. The summed E-state index contributed by atoms with van der Waals surface area (Å²) in [5.74, 6) is 0. The quantitative estimate of drug-likeness (QED) is 0.569. The van der Waals surface area contributed by atoms with Crippen molar-refractivity contribution in [3.63, 3.8) is 0 Å². The fourth-order valence-corrected chi connectivity index (χ4v) is 3.49. The lowest BCUT2D eigenvalue weighted by Crippen LogP contribution is -2.09. The van der Waals surface area contributed by atoms with E-state index in [9.17, 15) is 8.42 Å². The average molecular weight is 363 g/mol. The van der Waals surface area contributed by atoms with Crippen LogP contribution in [0.1, 0.15) is 0 Å². The van der Waals surface area contributed by atoms with Crippen LogP contribution in [0.2, 0.25) is 0 Å². The fourth-order valence-electron chi connectivity index (χ4n) is 2.93. The standard InChI is InChI=1S/C20H17N3O2S/c1-26(24,25)23-19-6-4-14(5-7-19)17-10-18(13-21-12-17)16-3-2-15-8-9-22-20(15)11-16/h2-13,22-23H,1H3. The first-order valence-electron chi connectivity index (χ1n) is 8.09. The van der Waals surface area contributed by atoms with Gasteiger partial charge in [-0.25, -0.2) is 8.42 Å². The number of benzene rings is 2. The number of pyridine rings is 1. The van der Waals surface area contributed by atoms with Crippen LogP contribution in [0, 0.1) is 0 Å². The summed E-state index contributed by atoms with van der Waals surface area (Å²) >= 11 is 0. The van der Waals surface area contributed by atoms with Crippen molar-refractivity contribution in [2.24, 2.45) is 0 Å². The molecular formula is C20H17N3O2S. The molecule has 130 valence electrons. The van der Waals surface area contributed by atoms with Gasteiger partial charge in [0.2, 0.25) is 10.0 Å². The molecule has 0 aliphatic heterocycles. The molecule has 6 heteroatoms. The van der Waals surface area contributed by atoms with Crippen LogP contribution in [-0.2, 0) is 10.0 Å². The second kappa shape index (κ2) is 6.31. The van der Waals surface area contributed by atoms with Gasteiger partial charge in [-0.15, -0.1) is 0 Å². The predicted molar refractivity (Wildman–Crippen MR) is 105 cm³/mol. The summed E-state index contributed by atoms with van der Waals surface area (Å²) in [5.41, 5.74) is 5.68.